The van der Waals surface area contributed by atoms with Gasteiger partial charge in [0.15, 0.2) is 0 Å². The molecule has 6 nitrogen and oxygen atoms in total. The molecule has 2 atom stereocenters. The lowest BCUT2D eigenvalue weighted by molar-refractivity contribution is 0.0928. The fourth-order valence-corrected chi connectivity index (χ4v) is 2.36. The summed E-state index contributed by atoms with van der Waals surface area (Å²) >= 11 is 0. The van der Waals surface area contributed by atoms with Gasteiger partial charge in [-0.15, -0.1) is 0 Å². The van der Waals surface area contributed by atoms with Crippen LogP contribution in [0.25, 0.3) is 5.52 Å². The van der Waals surface area contributed by atoms with Crippen molar-refractivity contribution in [2.45, 2.75) is 6.10 Å². The Kier molecular flexibility index (Phi) is 3.18. The lowest BCUT2D eigenvalue weighted by Crippen LogP contribution is -2.34. The second-order valence-electron chi connectivity index (χ2n) is 4.78. The number of aliphatic hydroxyl groups is 1. The number of rotatable bonds is 3. The molecule has 0 spiro atoms. The largest absolute Gasteiger partial charge is 0.391 e. The van der Waals surface area contributed by atoms with Gasteiger partial charge in [0, 0.05) is 31.7 Å². The fraction of sp³-hybridized carbons (Fsp3) is 0.385. The molecule has 100 valence electrons. The predicted molar refractivity (Wildman–Crippen MR) is 69.9 cm³/mol. The van der Waals surface area contributed by atoms with Crippen LogP contribution in [0.4, 0.5) is 0 Å². The normalized spacial score (nSPS) is 22.8. The van der Waals surface area contributed by atoms with Crippen LogP contribution in [-0.4, -0.2) is 46.4 Å². The van der Waals surface area contributed by atoms with Crippen molar-refractivity contribution in [3.05, 3.63) is 36.2 Å². The summed E-state index contributed by atoms with van der Waals surface area (Å²) in [5.41, 5.74) is 1.34. The number of hydrogen-bond donors (Lipinski definition) is 3. The Bertz CT molecular complexity index is 595. The molecule has 3 heterocycles. The molecule has 19 heavy (non-hydrogen) atoms. The monoisotopic (exact) mass is 260 g/mol. The molecule has 0 aliphatic carbocycles. The summed E-state index contributed by atoms with van der Waals surface area (Å²) in [7, 11) is 0. The minimum atomic E-state index is -0.385. The average Bonchev–Trinajstić information content (AvgIpc) is 3.02. The molecule has 2 aromatic heterocycles. The first-order chi connectivity index (χ1) is 9.25. The van der Waals surface area contributed by atoms with Gasteiger partial charge in [-0.2, -0.15) is 5.10 Å². The van der Waals surface area contributed by atoms with Crippen LogP contribution in [-0.2, 0) is 0 Å². The Hall–Kier alpha value is -1.92. The number of β-amino-alcohol motifs (C(OH)–C–C–N with tert-alkyl or cyclic N) is 1. The van der Waals surface area contributed by atoms with Crippen molar-refractivity contribution in [1.82, 2.24) is 20.2 Å². The van der Waals surface area contributed by atoms with E-state index in [4.69, 9.17) is 0 Å². The number of carbonyl (C=O) groups excluding carboxylic acids is 1. The molecular weight excluding hydrogens is 244 g/mol. The summed E-state index contributed by atoms with van der Waals surface area (Å²) in [5.74, 6) is -0.0777. The van der Waals surface area contributed by atoms with Gasteiger partial charge in [0.1, 0.15) is 0 Å². The van der Waals surface area contributed by atoms with E-state index in [-0.39, 0.29) is 17.9 Å². The zero-order valence-corrected chi connectivity index (χ0v) is 10.4. The molecule has 1 aliphatic heterocycles. The van der Waals surface area contributed by atoms with Crippen LogP contribution >= 0.6 is 0 Å². The third kappa shape index (κ3) is 2.32. The first-order valence-electron chi connectivity index (χ1n) is 6.35. The van der Waals surface area contributed by atoms with Gasteiger partial charge < -0.3 is 15.7 Å². The first kappa shape index (κ1) is 12.1. The Morgan fingerprint density at radius 3 is 3.21 bits per heavy atom. The summed E-state index contributed by atoms with van der Waals surface area (Å²) in [5, 5.41) is 19.8. The van der Waals surface area contributed by atoms with E-state index in [1.54, 1.807) is 16.9 Å². The van der Waals surface area contributed by atoms with Crippen LogP contribution in [0.5, 0.6) is 0 Å². The fourth-order valence-electron chi connectivity index (χ4n) is 2.36. The maximum absolute atomic E-state index is 12.1. The number of aromatic nitrogens is 2. The van der Waals surface area contributed by atoms with Crippen molar-refractivity contribution >= 4 is 11.4 Å². The zero-order valence-electron chi connectivity index (χ0n) is 10.4. The van der Waals surface area contributed by atoms with Crippen LogP contribution in [0.2, 0.25) is 0 Å². The molecule has 1 fully saturated rings. The van der Waals surface area contributed by atoms with E-state index >= 15 is 0 Å². The van der Waals surface area contributed by atoms with E-state index in [2.05, 4.69) is 15.7 Å². The number of pyridine rings is 1. The van der Waals surface area contributed by atoms with Crippen LogP contribution in [0.3, 0.4) is 0 Å². The average molecular weight is 260 g/mol. The lowest BCUT2D eigenvalue weighted by atomic mass is 10.1. The molecular formula is C13H16N4O2. The highest BCUT2D eigenvalue weighted by Gasteiger charge is 2.25. The van der Waals surface area contributed by atoms with Crippen molar-refractivity contribution in [1.29, 1.82) is 0 Å². The summed E-state index contributed by atoms with van der Waals surface area (Å²) in [6.07, 6.45) is 2.98. The molecule has 1 amide bonds. The van der Waals surface area contributed by atoms with E-state index in [1.165, 1.54) is 0 Å². The standard InChI is InChI=1S/C13H16N4O2/c18-12-8-14-5-9(12)6-15-13(19)10-7-16-17-4-2-1-3-11(10)17/h1-4,7,9,12,14,18H,5-6,8H2,(H,15,19). The SMILES string of the molecule is O=C(NCC1CNCC1O)c1cnn2ccccc12. The first-order valence-corrected chi connectivity index (χ1v) is 6.35. The minimum absolute atomic E-state index is 0.0748. The quantitative estimate of drug-likeness (QED) is 0.704. The van der Waals surface area contributed by atoms with Gasteiger partial charge >= 0.3 is 0 Å². The van der Waals surface area contributed by atoms with Gasteiger partial charge in [-0.05, 0) is 12.1 Å². The molecule has 2 unspecified atom stereocenters. The Labute approximate surface area is 110 Å². The zero-order chi connectivity index (χ0) is 13.2. The molecule has 0 bridgehead atoms. The molecule has 3 N–H and O–H groups in total. The highest BCUT2D eigenvalue weighted by atomic mass is 16.3. The molecule has 0 aromatic carbocycles. The van der Waals surface area contributed by atoms with Crippen LogP contribution in [0, 0.1) is 5.92 Å². The topological polar surface area (TPSA) is 78.7 Å². The molecule has 0 saturated carbocycles. The lowest BCUT2D eigenvalue weighted by Gasteiger charge is -2.13. The van der Waals surface area contributed by atoms with E-state index in [0.29, 0.717) is 18.7 Å². The highest BCUT2D eigenvalue weighted by Crippen LogP contribution is 2.11. The van der Waals surface area contributed by atoms with Crippen LogP contribution in [0.15, 0.2) is 30.6 Å². The second kappa shape index (κ2) is 4.99. The molecule has 6 heteroatoms. The van der Waals surface area contributed by atoms with Crippen molar-refractivity contribution in [3.63, 3.8) is 0 Å². The van der Waals surface area contributed by atoms with Crippen LogP contribution < -0.4 is 10.6 Å². The van der Waals surface area contributed by atoms with Gasteiger partial charge in [0.2, 0.25) is 0 Å². The molecule has 1 aliphatic rings. The van der Waals surface area contributed by atoms with Crippen LogP contribution in [0.1, 0.15) is 10.4 Å². The maximum atomic E-state index is 12.1. The van der Waals surface area contributed by atoms with E-state index in [9.17, 15) is 9.90 Å². The smallest absolute Gasteiger partial charge is 0.255 e. The number of nitrogens with zero attached hydrogens (tertiary/aromatic N) is 2. The summed E-state index contributed by atoms with van der Waals surface area (Å²) in [6.45, 7) is 1.80. The van der Waals surface area contributed by atoms with Crippen molar-refractivity contribution < 1.29 is 9.90 Å². The number of aliphatic hydroxyl groups excluding tert-OH is 1. The van der Waals surface area contributed by atoms with Gasteiger partial charge in [-0.3, -0.25) is 4.79 Å². The van der Waals surface area contributed by atoms with Crippen molar-refractivity contribution in [2.24, 2.45) is 5.92 Å². The summed E-state index contributed by atoms with van der Waals surface area (Å²) in [4.78, 5) is 12.1. The number of amides is 1. The van der Waals surface area contributed by atoms with Gasteiger partial charge in [-0.25, -0.2) is 4.52 Å². The van der Waals surface area contributed by atoms with Gasteiger partial charge in [0.25, 0.3) is 5.91 Å². The van der Waals surface area contributed by atoms with E-state index < -0.39 is 0 Å². The molecule has 0 radical (unpaired) electrons. The Morgan fingerprint density at radius 1 is 1.53 bits per heavy atom. The van der Waals surface area contributed by atoms with E-state index in [1.807, 2.05) is 18.2 Å². The molecule has 1 saturated heterocycles. The highest BCUT2D eigenvalue weighted by molar-refractivity contribution is 6.00. The van der Waals surface area contributed by atoms with E-state index in [0.717, 1.165) is 12.1 Å². The third-order valence-corrected chi connectivity index (χ3v) is 3.50. The second-order valence-corrected chi connectivity index (χ2v) is 4.78. The maximum Gasteiger partial charge on any atom is 0.255 e. The summed E-state index contributed by atoms with van der Waals surface area (Å²) < 4.78 is 1.67. The van der Waals surface area contributed by atoms with Gasteiger partial charge in [0.05, 0.1) is 23.4 Å². The number of carbonyl (C=O) groups is 1. The molecule has 3 rings (SSSR count). The number of hydrogen-bond acceptors (Lipinski definition) is 4. The molecule has 2 aromatic rings. The minimum Gasteiger partial charge on any atom is -0.391 e. The number of nitrogens with one attached hydrogen (secondary N) is 2. The predicted octanol–water partition coefficient (Wildman–Crippen LogP) is -0.356. The van der Waals surface area contributed by atoms with Gasteiger partial charge in [-0.1, -0.05) is 6.07 Å². The van der Waals surface area contributed by atoms with Crippen molar-refractivity contribution in [3.8, 4) is 0 Å². The number of fused-ring (bicyclic) bond motifs is 1. The summed E-state index contributed by atoms with van der Waals surface area (Å²) in [6, 6.07) is 5.59. The van der Waals surface area contributed by atoms with Crippen molar-refractivity contribution in [2.75, 3.05) is 19.6 Å². The Morgan fingerprint density at radius 2 is 2.42 bits per heavy atom. The Balaban J connectivity index is 1.70. The third-order valence-electron chi connectivity index (χ3n) is 3.50.